The van der Waals surface area contributed by atoms with Gasteiger partial charge in [-0.25, -0.2) is 9.37 Å². The molecule has 0 saturated heterocycles. The van der Waals surface area contributed by atoms with E-state index in [9.17, 15) is 9.18 Å². The fraction of sp³-hybridized carbons (Fsp3) is 0.200. The summed E-state index contributed by atoms with van der Waals surface area (Å²) in [6.07, 6.45) is 0.178. The molecule has 0 atom stereocenters. The molecule has 0 saturated carbocycles. The Morgan fingerprint density at radius 2 is 1.85 bits per heavy atom. The second-order valence-corrected chi connectivity index (χ2v) is 6.94. The number of anilines is 1. The summed E-state index contributed by atoms with van der Waals surface area (Å²) in [6.45, 7) is 4.54. The van der Waals surface area contributed by atoms with Crippen LogP contribution in [-0.2, 0) is 11.2 Å². The van der Waals surface area contributed by atoms with Gasteiger partial charge in [-0.2, -0.15) is 0 Å². The number of aromatic nitrogens is 1. The van der Waals surface area contributed by atoms with Crippen molar-refractivity contribution in [2.24, 2.45) is 0 Å². The fourth-order valence-electron chi connectivity index (χ4n) is 2.54. The van der Waals surface area contributed by atoms with Crippen LogP contribution in [0.25, 0.3) is 11.3 Å². The topological polar surface area (TPSA) is 51.2 Å². The van der Waals surface area contributed by atoms with Gasteiger partial charge in [0, 0.05) is 10.4 Å². The minimum Gasteiger partial charge on any atom is -0.494 e. The van der Waals surface area contributed by atoms with Crippen molar-refractivity contribution in [3.8, 4) is 17.0 Å². The van der Waals surface area contributed by atoms with Crippen molar-refractivity contribution in [2.45, 2.75) is 20.3 Å². The van der Waals surface area contributed by atoms with Crippen molar-refractivity contribution < 1.29 is 13.9 Å². The lowest BCUT2D eigenvalue weighted by molar-refractivity contribution is -0.115. The molecule has 26 heavy (non-hydrogen) atoms. The third kappa shape index (κ3) is 4.46. The molecular weight excluding hydrogens is 351 g/mol. The first-order valence-electron chi connectivity index (χ1n) is 8.30. The second-order valence-electron chi connectivity index (χ2n) is 5.73. The first kappa shape index (κ1) is 18.1. The van der Waals surface area contributed by atoms with Crippen LogP contribution in [0.1, 0.15) is 17.4 Å². The molecule has 0 fully saturated rings. The third-order valence-corrected chi connectivity index (χ3v) is 4.65. The van der Waals surface area contributed by atoms with E-state index in [1.54, 1.807) is 12.1 Å². The molecule has 0 aliphatic heterocycles. The fourth-order valence-corrected chi connectivity index (χ4v) is 3.40. The maximum absolute atomic E-state index is 12.9. The smallest absolute Gasteiger partial charge is 0.230 e. The van der Waals surface area contributed by atoms with Gasteiger partial charge in [0.15, 0.2) is 5.13 Å². The molecule has 1 N–H and O–H groups in total. The van der Waals surface area contributed by atoms with E-state index in [0.29, 0.717) is 11.7 Å². The molecule has 1 aromatic heterocycles. The molecule has 0 aliphatic rings. The van der Waals surface area contributed by atoms with Gasteiger partial charge in [0.2, 0.25) is 5.91 Å². The predicted molar refractivity (Wildman–Crippen MR) is 102 cm³/mol. The van der Waals surface area contributed by atoms with E-state index in [4.69, 9.17) is 4.74 Å². The maximum atomic E-state index is 12.9. The molecule has 0 bridgehead atoms. The van der Waals surface area contributed by atoms with Crippen LogP contribution in [0.4, 0.5) is 9.52 Å². The molecule has 0 radical (unpaired) electrons. The average molecular weight is 370 g/mol. The van der Waals surface area contributed by atoms with Crippen LogP contribution < -0.4 is 10.1 Å². The van der Waals surface area contributed by atoms with E-state index in [2.05, 4.69) is 10.3 Å². The Hall–Kier alpha value is -2.73. The van der Waals surface area contributed by atoms with Gasteiger partial charge < -0.3 is 10.1 Å². The van der Waals surface area contributed by atoms with Gasteiger partial charge in [-0.05, 0) is 55.8 Å². The first-order chi connectivity index (χ1) is 12.5. The van der Waals surface area contributed by atoms with Crippen LogP contribution in [0.2, 0.25) is 0 Å². The Bertz CT molecular complexity index is 889. The van der Waals surface area contributed by atoms with Crippen molar-refractivity contribution in [1.82, 2.24) is 4.98 Å². The van der Waals surface area contributed by atoms with Crippen LogP contribution in [0, 0.1) is 12.7 Å². The summed E-state index contributed by atoms with van der Waals surface area (Å²) in [4.78, 5) is 17.7. The van der Waals surface area contributed by atoms with Gasteiger partial charge in [-0.15, -0.1) is 11.3 Å². The van der Waals surface area contributed by atoms with Crippen LogP contribution in [-0.4, -0.2) is 17.5 Å². The van der Waals surface area contributed by atoms with Crippen LogP contribution >= 0.6 is 11.3 Å². The molecule has 0 aliphatic carbocycles. The molecule has 0 spiro atoms. The molecular formula is C20H19FN2O2S. The van der Waals surface area contributed by atoms with Crippen molar-refractivity contribution in [3.05, 3.63) is 64.8 Å². The lowest BCUT2D eigenvalue weighted by Gasteiger charge is -2.04. The normalized spacial score (nSPS) is 10.6. The Morgan fingerprint density at radius 3 is 2.50 bits per heavy atom. The van der Waals surface area contributed by atoms with E-state index in [0.717, 1.165) is 27.4 Å². The lowest BCUT2D eigenvalue weighted by atomic mass is 10.1. The highest BCUT2D eigenvalue weighted by Gasteiger charge is 2.12. The number of rotatable bonds is 6. The SMILES string of the molecule is CCOc1ccc(-c2nc(NC(=O)Cc3ccc(F)cc3)sc2C)cc1. The van der Waals surface area contributed by atoms with Crippen molar-refractivity contribution in [2.75, 3.05) is 11.9 Å². The molecule has 2 aromatic carbocycles. The number of halogens is 1. The van der Waals surface area contributed by atoms with E-state index < -0.39 is 0 Å². The van der Waals surface area contributed by atoms with Crippen LogP contribution in [0.3, 0.4) is 0 Å². The van der Waals surface area contributed by atoms with Gasteiger partial charge in [0.25, 0.3) is 0 Å². The number of amides is 1. The summed E-state index contributed by atoms with van der Waals surface area (Å²) in [6, 6.07) is 13.6. The summed E-state index contributed by atoms with van der Waals surface area (Å²) < 4.78 is 18.4. The first-order valence-corrected chi connectivity index (χ1v) is 9.11. The molecule has 134 valence electrons. The highest BCUT2D eigenvalue weighted by Crippen LogP contribution is 2.31. The number of nitrogens with zero attached hydrogens (tertiary/aromatic N) is 1. The molecule has 4 nitrogen and oxygen atoms in total. The number of hydrogen-bond donors (Lipinski definition) is 1. The zero-order valence-electron chi connectivity index (χ0n) is 14.6. The Labute approximate surface area is 155 Å². The molecule has 0 unspecified atom stereocenters. The van der Waals surface area contributed by atoms with Gasteiger partial charge in [0.05, 0.1) is 18.7 Å². The number of benzene rings is 2. The molecule has 3 aromatic rings. The van der Waals surface area contributed by atoms with Gasteiger partial charge >= 0.3 is 0 Å². The predicted octanol–water partition coefficient (Wildman–Crippen LogP) is 4.84. The Kier molecular flexibility index (Phi) is 5.63. The highest BCUT2D eigenvalue weighted by atomic mass is 32.1. The van der Waals surface area contributed by atoms with Crippen molar-refractivity contribution in [1.29, 1.82) is 0 Å². The summed E-state index contributed by atoms with van der Waals surface area (Å²) >= 11 is 1.43. The Balaban J connectivity index is 1.69. The number of nitrogens with one attached hydrogen (secondary N) is 1. The number of hydrogen-bond acceptors (Lipinski definition) is 4. The highest BCUT2D eigenvalue weighted by molar-refractivity contribution is 7.16. The van der Waals surface area contributed by atoms with Crippen LogP contribution in [0.15, 0.2) is 48.5 Å². The second kappa shape index (κ2) is 8.10. The lowest BCUT2D eigenvalue weighted by Crippen LogP contribution is -2.14. The van der Waals surface area contributed by atoms with E-state index in [-0.39, 0.29) is 18.1 Å². The molecule has 1 amide bonds. The molecule has 1 heterocycles. The molecule has 6 heteroatoms. The summed E-state index contributed by atoms with van der Waals surface area (Å²) in [5, 5.41) is 3.37. The number of ether oxygens (including phenoxy) is 1. The zero-order chi connectivity index (χ0) is 18.5. The third-order valence-electron chi connectivity index (χ3n) is 3.76. The number of thiazole rings is 1. The summed E-state index contributed by atoms with van der Waals surface area (Å²) in [5.74, 6) is 0.324. The number of aryl methyl sites for hydroxylation is 1. The van der Waals surface area contributed by atoms with E-state index >= 15 is 0 Å². The quantitative estimate of drug-likeness (QED) is 0.676. The summed E-state index contributed by atoms with van der Waals surface area (Å²) in [7, 11) is 0. The minimum atomic E-state index is -0.315. The van der Waals surface area contributed by atoms with Gasteiger partial charge in [-0.3, -0.25) is 4.79 Å². The van der Waals surface area contributed by atoms with Crippen LogP contribution in [0.5, 0.6) is 5.75 Å². The van der Waals surface area contributed by atoms with E-state index in [1.165, 1.54) is 23.5 Å². The standard InChI is InChI=1S/C20H19FN2O2S/c1-3-25-17-10-6-15(7-11-17)19-13(2)26-20(23-19)22-18(24)12-14-4-8-16(21)9-5-14/h4-11H,3,12H2,1-2H3,(H,22,23,24). The minimum absolute atomic E-state index is 0.177. The van der Waals surface area contributed by atoms with E-state index in [1.807, 2.05) is 38.1 Å². The monoisotopic (exact) mass is 370 g/mol. The zero-order valence-corrected chi connectivity index (χ0v) is 15.4. The molecule has 3 rings (SSSR count). The number of carbonyl (C=O) groups excluding carboxylic acids is 1. The number of carbonyl (C=O) groups is 1. The van der Waals surface area contributed by atoms with Gasteiger partial charge in [-0.1, -0.05) is 12.1 Å². The largest absolute Gasteiger partial charge is 0.494 e. The van der Waals surface area contributed by atoms with Gasteiger partial charge in [0.1, 0.15) is 11.6 Å². The average Bonchev–Trinajstić information content (AvgIpc) is 2.98. The maximum Gasteiger partial charge on any atom is 0.230 e. The van der Waals surface area contributed by atoms with Crippen molar-refractivity contribution >= 4 is 22.4 Å². The van der Waals surface area contributed by atoms with Crippen molar-refractivity contribution in [3.63, 3.8) is 0 Å². The summed E-state index contributed by atoms with van der Waals surface area (Å²) in [5.41, 5.74) is 2.57. The Morgan fingerprint density at radius 1 is 1.15 bits per heavy atom.